The van der Waals surface area contributed by atoms with Crippen LogP contribution in [0.1, 0.15) is 42.2 Å². The number of fused-ring (bicyclic) bond motifs is 1. The molecule has 2 atom stereocenters. The number of benzene rings is 2. The molecule has 9 nitrogen and oxygen atoms in total. The van der Waals surface area contributed by atoms with E-state index in [4.69, 9.17) is 0 Å². The van der Waals surface area contributed by atoms with Gasteiger partial charge in [-0.25, -0.2) is 4.98 Å². The molecule has 1 aliphatic rings. The topological polar surface area (TPSA) is 97.1 Å². The molecular formula is C25H23N7O2. The zero-order chi connectivity index (χ0) is 23.7. The molecule has 2 amide bonds. The molecule has 2 aromatic carbocycles. The summed E-state index contributed by atoms with van der Waals surface area (Å²) in [4.78, 5) is 34.4. The van der Waals surface area contributed by atoms with Crippen molar-refractivity contribution in [3.63, 3.8) is 0 Å². The highest BCUT2D eigenvalue weighted by atomic mass is 16.2. The first-order valence-electron chi connectivity index (χ1n) is 11.0. The Morgan fingerprint density at radius 2 is 1.79 bits per heavy atom. The van der Waals surface area contributed by atoms with Gasteiger partial charge in [-0.15, -0.1) is 5.10 Å². The highest BCUT2D eigenvalue weighted by Crippen LogP contribution is 2.42. The lowest BCUT2D eigenvalue weighted by molar-refractivity contribution is -0.117. The predicted octanol–water partition coefficient (Wildman–Crippen LogP) is 3.59. The van der Waals surface area contributed by atoms with Crippen molar-refractivity contribution in [1.29, 1.82) is 0 Å². The molecule has 4 aromatic rings. The first-order valence-corrected chi connectivity index (χ1v) is 11.0. The maximum Gasteiger partial charge on any atom is 0.258 e. The molecule has 0 bridgehead atoms. The van der Waals surface area contributed by atoms with E-state index in [9.17, 15) is 9.59 Å². The lowest BCUT2D eigenvalue weighted by atomic mass is 9.89. The zero-order valence-electron chi connectivity index (χ0n) is 18.8. The second-order valence-corrected chi connectivity index (χ2v) is 8.22. The van der Waals surface area contributed by atoms with E-state index in [1.54, 1.807) is 30.2 Å². The van der Waals surface area contributed by atoms with Crippen LogP contribution in [0.4, 0.5) is 11.4 Å². The number of tetrazole rings is 1. The van der Waals surface area contributed by atoms with Crippen LogP contribution in [0.15, 0.2) is 79.3 Å². The van der Waals surface area contributed by atoms with E-state index in [1.165, 1.54) is 11.0 Å². The Bertz CT molecular complexity index is 1320. The van der Waals surface area contributed by atoms with Gasteiger partial charge in [0.05, 0.1) is 6.04 Å². The molecule has 1 aliphatic heterocycles. The Labute approximate surface area is 196 Å². The molecule has 0 unspecified atom stereocenters. The summed E-state index contributed by atoms with van der Waals surface area (Å²) in [5.41, 5.74) is 3.04. The number of nitrogens with zero attached hydrogens (tertiary/aromatic N) is 7. The van der Waals surface area contributed by atoms with Gasteiger partial charge in [-0.1, -0.05) is 36.4 Å². The molecule has 0 saturated heterocycles. The maximum absolute atomic E-state index is 13.7. The van der Waals surface area contributed by atoms with E-state index in [0.29, 0.717) is 17.8 Å². The molecule has 5 rings (SSSR count). The van der Waals surface area contributed by atoms with Gasteiger partial charge >= 0.3 is 0 Å². The fourth-order valence-electron chi connectivity index (χ4n) is 4.59. The summed E-state index contributed by atoms with van der Waals surface area (Å²) in [6.45, 7) is 3.59. The van der Waals surface area contributed by atoms with Gasteiger partial charge in [-0.3, -0.25) is 9.59 Å². The summed E-state index contributed by atoms with van der Waals surface area (Å²) in [7, 11) is 0. The predicted molar refractivity (Wildman–Crippen MR) is 127 cm³/mol. The Kier molecular flexibility index (Phi) is 5.59. The number of hydrogen-bond donors (Lipinski definition) is 0. The van der Waals surface area contributed by atoms with Gasteiger partial charge in [0.2, 0.25) is 5.91 Å². The number of pyridine rings is 1. The average Bonchev–Trinajstić information content (AvgIpc) is 3.40. The van der Waals surface area contributed by atoms with Crippen molar-refractivity contribution < 1.29 is 9.59 Å². The monoisotopic (exact) mass is 453 g/mol. The standard InChI is InChI=1S/C25H23N7O2/c1-17-14-23(32(18(2)33)20-8-4-3-5-9-20)21-10-6-7-11-22(21)31(17)25(34)19-12-13-26-24(15-19)30-16-27-28-29-30/h3-13,15-17,23H,14H2,1-2H3/t17-,23+/m0/s1. The third kappa shape index (κ3) is 3.81. The fraction of sp³-hybridized carbons (Fsp3) is 0.200. The van der Waals surface area contributed by atoms with Gasteiger partial charge in [0.15, 0.2) is 5.82 Å². The SMILES string of the molecule is CC(=O)N(c1ccccc1)[C@@H]1C[C@H](C)N(C(=O)c2ccnc(-n3cnnn3)c2)c2ccccc21. The Morgan fingerprint density at radius 3 is 2.53 bits per heavy atom. The van der Waals surface area contributed by atoms with Crippen LogP contribution in [-0.2, 0) is 4.79 Å². The Balaban J connectivity index is 1.54. The lowest BCUT2D eigenvalue weighted by Gasteiger charge is -2.43. The first-order chi connectivity index (χ1) is 16.5. The molecule has 34 heavy (non-hydrogen) atoms. The summed E-state index contributed by atoms with van der Waals surface area (Å²) < 4.78 is 1.41. The molecule has 0 spiro atoms. The van der Waals surface area contributed by atoms with Crippen molar-refractivity contribution in [1.82, 2.24) is 25.2 Å². The minimum absolute atomic E-state index is 0.0433. The molecule has 0 N–H and O–H groups in total. The molecule has 0 fully saturated rings. The van der Waals surface area contributed by atoms with Crippen LogP contribution in [0.5, 0.6) is 0 Å². The van der Waals surface area contributed by atoms with Crippen molar-refractivity contribution in [2.24, 2.45) is 0 Å². The molecule has 0 saturated carbocycles. The van der Waals surface area contributed by atoms with Gasteiger partial charge in [0.25, 0.3) is 5.91 Å². The number of anilines is 2. The quantitative estimate of drug-likeness (QED) is 0.468. The third-order valence-electron chi connectivity index (χ3n) is 6.04. The van der Waals surface area contributed by atoms with Crippen molar-refractivity contribution in [2.75, 3.05) is 9.80 Å². The number of hydrogen-bond acceptors (Lipinski definition) is 6. The van der Waals surface area contributed by atoms with Crippen LogP contribution in [-0.4, -0.2) is 43.0 Å². The Hall–Kier alpha value is -4.40. The summed E-state index contributed by atoms with van der Waals surface area (Å²) in [5, 5.41) is 11.1. The summed E-state index contributed by atoms with van der Waals surface area (Å²) >= 11 is 0. The summed E-state index contributed by atoms with van der Waals surface area (Å²) in [6, 6.07) is 20.4. The summed E-state index contributed by atoms with van der Waals surface area (Å²) in [5.74, 6) is 0.265. The van der Waals surface area contributed by atoms with E-state index in [2.05, 4.69) is 20.5 Å². The molecule has 2 aromatic heterocycles. The second-order valence-electron chi connectivity index (χ2n) is 8.22. The fourth-order valence-corrected chi connectivity index (χ4v) is 4.59. The lowest BCUT2D eigenvalue weighted by Crippen LogP contribution is -2.47. The average molecular weight is 454 g/mol. The van der Waals surface area contributed by atoms with Crippen LogP contribution in [0.3, 0.4) is 0 Å². The number of carbonyl (C=O) groups is 2. The van der Waals surface area contributed by atoms with Gasteiger partial charge in [-0.2, -0.15) is 4.68 Å². The number of amides is 2. The van der Waals surface area contributed by atoms with Crippen LogP contribution >= 0.6 is 0 Å². The highest BCUT2D eigenvalue weighted by molar-refractivity contribution is 6.07. The van der Waals surface area contributed by atoms with Crippen molar-refractivity contribution in [2.45, 2.75) is 32.4 Å². The van der Waals surface area contributed by atoms with Gasteiger partial charge in [0.1, 0.15) is 6.33 Å². The summed E-state index contributed by atoms with van der Waals surface area (Å²) in [6.07, 6.45) is 3.60. The number of aromatic nitrogens is 5. The molecule has 3 heterocycles. The maximum atomic E-state index is 13.7. The van der Waals surface area contributed by atoms with Crippen LogP contribution < -0.4 is 9.80 Å². The van der Waals surface area contributed by atoms with Crippen LogP contribution in [0.2, 0.25) is 0 Å². The van der Waals surface area contributed by atoms with Crippen molar-refractivity contribution in [3.05, 3.63) is 90.4 Å². The van der Waals surface area contributed by atoms with Gasteiger partial charge < -0.3 is 9.80 Å². The number of carbonyl (C=O) groups excluding carboxylic acids is 2. The first kappa shape index (κ1) is 21.4. The van der Waals surface area contributed by atoms with E-state index in [1.807, 2.05) is 66.4 Å². The van der Waals surface area contributed by atoms with E-state index >= 15 is 0 Å². The van der Waals surface area contributed by atoms with Gasteiger partial charge in [-0.05, 0) is 59.7 Å². The van der Waals surface area contributed by atoms with Crippen LogP contribution in [0, 0.1) is 0 Å². The zero-order valence-corrected chi connectivity index (χ0v) is 18.8. The minimum atomic E-state index is -0.190. The second kappa shape index (κ2) is 8.86. The molecule has 9 heteroatoms. The van der Waals surface area contributed by atoms with Crippen molar-refractivity contribution in [3.8, 4) is 5.82 Å². The van der Waals surface area contributed by atoms with Crippen molar-refractivity contribution >= 4 is 23.2 Å². The number of rotatable bonds is 4. The Morgan fingerprint density at radius 1 is 1.03 bits per heavy atom. The molecule has 170 valence electrons. The van der Waals surface area contributed by atoms with Gasteiger partial charge in [0, 0.05) is 36.1 Å². The van der Waals surface area contributed by atoms with E-state index in [-0.39, 0.29) is 23.9 Å². The van der Waals surface area contributed by atoms with E-state index in [0.717, 1.165) is 16.9 Å². The minimum Gasteiger partial charge on any atom is -0.305 e. The molecular weight excluding hydrogens is 430 g/mol. The third-order valence-corrected chi connectivity index (χ3v) is 6.04. The number of para-hydroxylation sites is 2. The normalized spacial score (nSPS) is 17.2. The van der Waals surface area contributed by atoms with Crippen LogP contribution in [0.25, 0.3) is 5.82 Å². The van der Waals surface area contributed by atoms with E-state index < -0.39 is 0 Å². The smallest absolute Gasteiger partial charge is 0.258 e. The molecule has 0 radical (unpaired) electrons. The largest absolute Gasteiger partial charge is 0.305 e. The highest BCUT2D eigenvalue weighted by Gasteiger charge is 2.38. The molecule has 0 aliphatic carbocycles.